The van der Waals surface area contributed by atoms with Gasteiger partial charge in [-0.05, 0) is 49.9 Å². The molecule has 0 aromatic heterocycles. The van der Waals surface area contributed by atoms with E-state index in [-0.39, 0.29) is 17.9 Å². The molecule has 30 heavy (non-hydrogen) atoms. The first-order valence-corrected chi connectivity index (χ1v) is 10.9. The van der Waals surface area contributed by atoms with Crippen molar-refractivity contribution in [3.05, 3.63) is 29.8 Å². The molecule has 1 aromatic carbocycles. The van der Waals surface area contributed by atoms with E-state index < -0.39 is 0 Å². The van der Waals surface area contributed by atoms with E-state index in [1.807, 2.05) is 11.8 Å². The number of amides is 3. The number of esters is 1. The lowest BCUT2D eigenvalue weighted by molar-refractivity contribution is -0.133. The van der Waals surface area contributed by atoms with Crippen molar-refractivity contribution >= 4 is 23.6 Å². The number of hydrogen-bond acceptors (Lipinski definition) is 5. The Labute approximate surface area is 178 Å². The number of carbonyl (C=O) groups is 3. The van der Waals surface area contributed by atoms with Crippen LogP contribution in [0.3, 0.4) is 0 Å². The molecule has 2 aliphatic heterocycles. The summed E-state index contributed by atoms with van der Waals surface area (Å²) in [6.45, 7) is 7.06. The summed E-state index contributed by atoms with van der Waals surface area (Å²) < 4.78 is 5.10. The summed E-state index contributed by atoms with van der Waals surface area (Å²) in [6, 6.07) is 6.54. The second-order valence-electron chi connectivity index (χ2n) is 7.85. The Bertz CT molecular complexity index is 723. The number of hydrogen-bond donors (Lipinski definition) is 1. The monoisotopic (exact) mass is 416 g/mol. The number of carbonyl (C=O) groups excluding carboxylic acids is 3. The molecule has 3 rings (SSSR count). The molecule has 0 aliphatic carbocycles. The maximum absolute atomic E-state index is 12.5. The number of piperidine rings is 1. The van der Waals surface area contributed by atoms with Gasteiger partial charge in [0.05, 0.1) is 18.7 Å². The number of anilines is 1. The Morgan fingerprint density at radius 1 is 0.900 bits per heavy atom. The van der Waals surface area contributed by atoms with Crippen molar-refractivity contribution < 1.29 is 19.1 Å². The van der Waals surface area contributed by atoms with Gasteiger partial charge < -0.3 is 19.9 Å². The molecule has 1 aromatic rings. The van der Waals surface area contributed by atoms with Crippen molar-refractivity contribution in [1.29, 1.82) is 0 Å². The number of ether oxygens (including phenoxy) is 1. The van der Waals surface area contributed by atoms with Gasteiger partial charge in [0, 0.05) is 45.0 Å². The van der Waals surface area contributed by atoms with E-state index in [0.717, 1.165) is 32.4 Å². The SMILES string of the molecule is CCCOC(=O)c1ccc(NC(=O)N2CCN(CC(=O)N3CCCCC3)CC2)cc1. The van der Waals surface area contributed by atoms with Crippen molar-refractivity contribution in [1.82, 2.24) is 14.7 Å². The Kier molecular flexibility index (Phi) is 8.07. The summed E-state index contributed by atoms with van der Waals surface area (Å²) in [4.78, 5) is 42.6. The highest BCUT2D eigenvalue weighted by atomic mass is 16.5. The lowest BCUT2D eigenvalue weighted by Crippen LogP contribution is -2.52. The van der Waals surface area contributed by atoms with Crippen LogP contribution in [0.5, 0.6) is 0 Å². The van der Waals surface area contributed by atoms with E-state index in [2.05, 4.69) is 10.2 Å². The van der Waals surface area contributed by atoms with E-state index in [4.69, 9.17) is 4.74 Å². The third kappa shape index (κ3) is 6.19. The smallest absolute Gasteiger partial charge is 0.338 e. The van der Waals surface area contributed by atoms with Crippen LogP contribution in [0.4, 0.5) is 10.5 Å². The number of benzene rings is 1. The molecule has 0 saturated carbocycles. The molecule has 164 valence electrons. The lowest BCUT2D eigenvalue weighted by atomic mass is 10.1. The molecule has 0 radical (unpaired) electrons. The fraction of sp³-hybridized carbons (Fsp3) is 0.591. The van der Waals surface area contributed by atoms with Gasteiger partial charge in [-0.1, -0.05) is 6.92 Å². The minimum Gasteiger partial charge on any atom is -0.462 e. The maximum atomic E-state index is 12.5. The molecule has 8 nitrogen and oxygen atoms in total. The first-order chi connectivity index (χ1) is 14.6. The van der Waals surface area contributed by atoms with E-state index in [0.29, 0.717) is 50.6 Å². The average Bonchev–Trinajstić information content (AvgIpc) is 2.79. The molecule has 3 amide bonds. The van der Waals surface area contributed by atoms with Crippen molar-refractivity contribution in [2.45, 2.75) is 32.6 Å². The van der Waals surface area contributed by atoms with Crippen LogP contribution in [0.25, 0.3) is 0 Å². The summed E-state index contributed by atoms with van der Waals surface area (Å²) in [7, 11) is 0. The zero-order valence-electron chi connectivity index (χ0n) is 17.8. The second-order valence-corrected chi connectivity index (χ2v) is 7.85. The first kappa shape index (κ1) is 22.1. The molecule has 2 heterocycles. The highest BCUT2D eigenvalue weighted by Gasteiger charge is 2.25. The third-order valence-electron chi connectivity index (χ3n) is 5.54. The van der Waals surface area contributed by atoms with Gasteiger partial charge in [0.1, 0.15) is 0 Å². The van der Waals surface area contributed by atoms with Gasteiger partial charge in [0.25, 0.3) is 0 Å². The summed E-state index contributed by atoms with van der Waals surface area (Å²) >= 11 is 0. The quantitative estimate of drug-likeness (QED) is 0.720. The fourth-order valence-electron chi connectivity index (χ4n) is 3.71. The molecule has 2 fully saturated rings. The van der Waals surface area contributed by atoms with E-state index in [1.54, 1.807) is 29.2 Å². The number of nitrogens with zero attached hydrogens (tertiary/aromatic N) is 3. The average molecular weight is 417 g/mol. The minimum atomic E-state index is -0.357. The van der Waals surface area contributed by atoms with Gasteiger partial charge in [-0.15, -0.1) is 0 Å². The number of rotatable bonds is 6. The summed E-state index contributed by atoms with van der Waals surface area (Å²) in [5.41, 5.74) is 1.10. The van der Waals surface area contributed by atoms with E-state index in [9.17, 15) is 14.4 Å². The highest BCUT2D eigenvalue weighted by Crippen LogP contribution is 2.13. The third-order valence-corrected chi connectivity index (χ3v) is 5.54. The summed E-state index contributed by atoms with van der Waals surface area (Å²) in [5, 5.41) is 2.87. The van der Waals surface area contributed by atoms with Gasteiger partial charge in [-0.3, -0.25) is 9.69 Å². The maximum Gasteiger partial charge on any atom is 0.338 e. The minimum absolute atomic E-state index is 0.168. The van der Waals surface area contributed by atoms with Crippen molar-refractivity contribution in [2.24, 2.45) is 0 Å². The number of nitrogens with one attached hydrogen (secondary N) is 1. The van der Waals surface area contributed by atoms with Crippen LogP contribution in [0.2, 0.25) is 0 Å². The van der Waals surface area contributed by atoms with E-state index in [1.165, 1.54) is 6.42 Å². The van der Waals surface area contributed by atoms with Gasteiger partial charge in [-0.2, -0.15) is 0 Å². The van der Waals surface area contributed by atoms with Crippen molar-refractivity contribution in [3.8, 4) is 0 Å². The zero-order valence-corrected chi connectivity index (χ0v) is 17.8. The van der Waals surface area contributed by atoms with Gasteiger partial charge in [-0.25, -0.2) is 9.59 Å². The normalized spacial score (nSPS) is 17.5. The van der Waals surface area contributed by atoms with Gasteiger partial charge >= 0.3 is 12.0 Å². The van der Waals surface area contributed by atoms with Crippen molar-refractivity contribution in [2.75, 3.05) is 57.7 Å². The van der Waals surface area contributed by atoms with Crippen LogP contribution in [-0.4, -0.2) is 85.0 Å². The van der Waals surface area contributed by atoms with Crippen LogP contribution in [0.15, 0.2) is 24.3 Å². The van der Waals surface area contributed by atoms with Crippen LogP contribution in [0.1, 0.15) is 43.0 Å². The standard InChI is InChI=1S/C22H32N4O4/c1-2-16-30-21(28)18-6-8-19(9-7-18)23-22(29)26-14-12-24(13-15-26)17-20(27)25-10-4-3-5-11-25/h6-9H,2-5,10-17H2,1H3,(H,23,29). The molecule has 0 unspecified atom stereocenters. The number of urea groups is 1. The number of piperazine rings is 1. The van der Waals surface area contributed by atoms with Crippen LogP contribution < -0.4 is 5.32 Å². The molecule has 2 saturated heterocycles. The Morgan fingerprint density at radius 3 is 2.20 bits per heavy atom. The molecule has 0 bridgehead atoms. The van der Waals surface area contributed by atoms with Crippen LogP contribution >= 0.6 is 0 Å². The topological polar surface area (TPSA) is 82.2 Å². The zero-order chi connectivity index (χ0) is 21.3. The molecular weight excluding hydrogens is 384 g/mol. The predicted molar refractivity (Wildman–Crippen MR) is 114 cm³/mol. The summed E-state index contributed by atoms with van der Waals surface area (Å²) in [6.07, 6.45) is 4.18. The second kappa shape index (κ2) is 11.0. The molecule has 1 N–H and O–H groups in total. The summed E-state index contributed by atoms with van der Waals surface area (Å²) in [5.74, 6) is -0.157. The molecule has 0 atom stereocenters. The lowest BCUT2D eigenvalue weighted by Gasteiger charge is -2.36. The van der Waals surface area contributed by atoms with Gasteiger partial charge in [0.2, 0.25) is 5.91 Å². The predicted octanol–water partition coefficient (Wildman–Crippen LogP) is 2.42. The van der Waals surface area contributed by atoms with Crippen molar-refractivity contribution in [3.63, 3.8) is 0 Å². The molecule has 2 aliphatic rings. The van der Waals surface area contributed by atoms with Crippen LogP contribution in [0, 0.1) is 0 Å². The van der Waals surface area contributed by atoms with Gasteiger partial charge in [0.15, 0.2) is 0 Å². The Hall–Kier alpha value is -2.61. The molecule has 0 spiro atoms. The fourth-order valence-corrected chi connectivity index (χ4v) is 3.71. The van der Waals surface area contributed by atoms with E-state index >= 15 is 0 Å². The first-order valence-electron chi connectivity index (χ1n) is 10.9. The Balaban J connectivity index is 1.41. The molecule has 8 heteroatoms. The largest absolute Gasteiger partial charge is 0.462 e. The Morgan fingerprint density at radius 2 is 1.57 bits per heavy atom. The molecular formula is C22H32N4O4. The number of likely N-dealkylation sites (tertiary alicyclic amines) is 1. The van der Waals surface area contributed by atoms with Crippen LogP contribution in [-0.2, 0) is 9.53 Å². The highest BCUT2D eigenvalue weighted by molar-refractivity contribution is 5.92.